The van der Waals surface area contributed by atoms with Crippen LogP contribution in [0.15, 0.2) is 12.4 Å². The van der Waals surface area contributed by atoms with Crippen LogP contribution in [0.2, 0.25) is 0 Å². The summed E-state index contributed by atoms with van der Waals surface area (Å²) in [6.07, 6.45) is 7.75. The van der Waals surface area contributed by atoms with Crippen LogP contribution in [0.1, 0.15) is 42.6 Å². The SMILES string of the molecule is O=C(c1cncc(N2CCCN(C(=O)C3CCCO3)CC2)n1)N1CCCC1. The number of nitrogens with zero attached hydrogens (tertiary/aromatic N) is 5. The zero-order valence-corrected chi connectivity index (χ0v) is 15.7. The van der Waals surface area contributed by atoms with Gasteiger partial charge in [-0.25, -0.2) is 4.98 Å². The van der Waals surface area contributed by atoms with E-state index < -0.39 is 0 Å². The summed E-state index contributed by atoms with van der Waals surface area (Å²) in [6, 6.07) is 0. The number of anilines is 1. The number of rotatable bonds is 3. The molecule has 3 aliphatic heterocycles. The number of hydrogen-bond donors (Lipinski definition) is 0. The van der Waals surface area contributed by atoms with Gasteiger partial charge in [-0.2, -0.15) is 0 Å². The molecule has 0 radical (unpaired) electrons. The van der Waals surface area contributed by atoms with Crippen LogP contribution in [0.4, 0.5) is 5.82 Å². The average molecular weight is 373 g/mol. The maximum absolute atomic E-state index is 12.6. The summed E-state index contributed by atoms with van der Waals surface area (Å²) in [5.74, 6) is 0.789. The first-order chi connectivity index (χ1) is 13.2. The van der Waals surface area contributed by atoms with Crippen LogP contribution in [-0.2, 0) is 9.53 Å². The zero-order chi connectivity index (χ0) is 18.6. The van der Waals surface area contributed by atoms with E-state index in [0.717, 1.165) is 58.3 Å². The minimum atomic E-state index is -0.266. The Bertz CT molecular complexity index is 686. The van der Waals surface area contributed by atoms with Gasteiger partial charge in [-0.05, 0) is 32.1 Å². The molecular weight excluding hydrogens is 346 g/mol. The molecule has 0 aliphatic carbocycles. The standard InChI is InChI=1S/C19H27N5O3/c25-18(23-6-1-2-7-23)15-13-20-14-17(21-15)22-8-4-9-24(11-10-22)19(26)16-5-3-12-27-16/h13-14,16H,1-12H2. The zero-order valence-electron chi connectivity index (χ0n) is 15.7. The number of ether oxygens (including phenoxy) is 1. The maximum atomic E-state index is 12.6. The molecule has 3 fully saturated rings. The monoisotopic (exact) mass is 373 g/mol. The highest BCUT2D eigenvalue weighted by Gasteiger charge is 2.30. The number of aromatic nitrogens is 2. The molecule has 0 N–H and O–H groups in total. The Balaban J connectivity index is 1.40. The van der Waals surface area contributed by atoms with Gasteiger partial charge in [-0.15, -0.1) is 0 Å². The summed E-state index contributed by atoms with van der Waals surface area (Å²) in [5.41, 5.74) is 0.408. The summed E-state index contributed by atoms with van der Waals surface area (Å²) in [5, 5.41) is 0. The molecule has 0 spiro atoms. The van der Waals surface area contributed by atoms with Crippen molar-refractivity contribution in [1.82, 2.24) is 19.8 Å². The van der Waals surface area contributed by atoms with Crippen LogP contribution < -0.4 is 4.90 Å². The molecule has 8 heteroatoms. The third-order valence-corrected chi connectivity index (χ3v) is 5.57. The molecule has 0 aromatic carbocycles. The summed E-state index contributed by atoms with van der Waals surface area (Å²) in [4.78, 5) is 39.9. The Kier molecular flexibility index (Phi) is 5.52. The van der Waals surface area contributed by atoms with E-state index in [-0.39, 0.29) is 17.9 Å². The van der Waals surface area contributed by atoms with Gasteiger partial charge in [-0.3, -0.25) is 14.6 Å². The molecule has 8 nitrogen and oxygen atoms in total. The Labute approximate surface area is 159 Å². The number of likely N-dealkylation sites (tertiary alicyclic amines) is 1. The van der Waals surface area contributed by atoms with Crippen molar-refractivity contribution in [3.8, 4) is 0 Å². The Morgan fingerprint density at radius 1 is 0.926 bits per heavy atom. The number of carbonyl (C=O) groups excluding carboxylic acids is 2. The molecule has 3 saturated heterocycles. The van der Waals surface area contributed by atoms with Gasteiger partial charge in [0, 0.05) is 45.9 Å². The van der Waals surface area contributed by atoms with E-state index in [0.29, 0.717) is 31.2 Å². The average Bonchev–Trinajstić information content (AvgIpc) is 3.37. The second kappa shape index (κ2) is 8.21. The molecular formula is C19H27N5O3. The highest BCUT2D eigenvalue weighted by atomic mass is 16.5. The van der Waals surface area contributed by atoms with Gasteiger partial charge < -0.3 is 19.4 Å². The maximum Gasteiger partial charge on any atom is 0.274 e. The lowest BCUT2D eigenvalue weighted by Crippen LogP contribution is -2.41. The van der Waals surface area contributed by atoms with Gasteiger partial charge in [0.1, 0.15) is 17.6 Å². The molecule has 2 amide bonds. The van der Waals surface area contributed by atoms with Crippen LogP contribution in [0, 0.1) is 0 Å². The summed E-state index contributed by atoms with van der Waals surface area (Å²) >= 11 is 0. The van der Waals surface area contributed by atoms with Crippen molar-refractivity contribution in [2.75, 3.05) is 50.8 Å². The first-order valence-electron chi connectivity index (χ1n) is 9.99. The normalized spacial score (nSPS) is 23.6. The molecule has 1 aromatic rings. The van der Waals surface area contributed by atoms with Gasteiger partial charge in [0.05, 0.1) is 12.4 Å². The van der Waals surface area contributed by atoms with Gasteiger partial charge >= 0.3 is 0 Å². The fourth-order valence-electron chi connectivity index (χ4n) is 4.04. The van der Waals surface area contributed by atoms with Crippen LogP contribution in [0.25, 0.3) is 0 Å². The molecule has 4 heterocycles. The van der Waals surface area contributed by atoms with E-state index in [1.54, 1.807) is 12.4 Å². The predicted octanol–water partition coefficient (Wildman–Crippen LogP) is 0.930. The lowest BCUT2D eigenvalue weighted by molar-refractivity contribution is -0.140. The van der Waals surface area contributed by atoms with Crippen molar-refractivity contribution in [3.63, 3.8) is 0 Å². The molecule has 0 saturated carbocycles. The van der Waals surface area contributed by atoms with Crippen molar-refractivity contribution < 1.29 is 14.3 Å². The van der Waals surface area contributed by atoms with Crippen LogP contribution in [-0.4, -0.2) is 83.6 Å². The van der Waals surface area contributed by atoms with Crippen molar-refractivity contribution in [2.24, 2.45) is 0 Å². The van der Waals surface area contributed by atoms with Gasteiger partial charge in [0.25, 0.3) is 11.8 Å². The molecule has 146 valence electrons. The second-order valence-electron chi connectivity index (χ2n) is 7.43. The lowest BCUT2D eigenvalue weighted by Gasteiger charge is -2.24. The van der Waals surface area contributed by atoms with Gasteiger partial charge in [0.2, 0.25) is 0 Å². The number of hydrogen-bond acceptors (Lipinski definition) is 6. The fourth-order valence-corrected chi connectivity index (χ4v) is 4.04. The minimum Gasteiger partial charge on any atom is -0.368 e. The number of amides is 2. The largest absolute Gasteiger partial charge is 0.368 e. The quantitative estimate of drug-likeness (QED) is 0.784. The predicted molar refractivity (Wildman–Crippen MR) is 99.6 cm³/mol. The topological polar surface area (TPSA) is 78.9 Å². The van der Waals surface area contributed by atoms with Crippen LogP contribution in [0.3, 0.4) is 0 Å². The Hall–Kier alpha value is -2.22. The van der Waals surface area contributed by atoms with E-state index in [9.17, 15) is 9.59 Å². The summed E-state index contributed by atoms with van der Waals surface area (Å²) in [7, 11) is 0. The molecule has 4 rings (SSSR count). The van der Waals surface area contributed by atoms with E-state index in [4.69, 9.17) is 4.74 Å². The summed E-state index contributed by atoms with van der Waals surface area (Å²) in [6.45, 7) is 5.15. The van der Waals surface area contributed by atoms with E-state index in [1.807, 2.05) is 9.80 Å². The van der Waals surface area contributed by atoms with Crippen molar-refractivity contribution in [3.05, 3.63) is 18.1 Å². The van der Waals surface area contributed by atoms with E-state index >= 15 is 0 Å². The van der Waals surface area contributed by atoms with E-state index in [2.05, 4.69) is 14.9 Å². The van der Waals surface area contributed by atoms with Crippen LogP contribution >= 0.6 is 0 Å². The Morgan fingerprint density at radius 3 is 2.52 bits per heavy atom. The minimum absolute atomic E-state index is 0.0353. The van der Waals surface area contributed by atoms with Gasteiger partial charge in [-0.1, -0.05) is 0 Å². The second-order valence-corrected chi connectivity index (χ2v) is 7.43. The molecule has 1 atom stereocenters. The smallest absolute Gasteiger partial charge is 0.274 e. The van der Waals surface area contributed by atoms with E-state index in [1.165, 1.54) is 0 Å². The summed E-state index contributed by atoms with van der Waals surface area (Å²) < 4.78 is 5.54. The fraction of sp³-hybridized carbons (Fsp3) is 0.684. The van der Waals surface area contributed by atoms with Crippen molar-refractivity contribution in [2.45, 2.75) is 38.2 Å². The first kappa shape index (κ1) is 18.2. The third kappa shape index (κ3) is 4.05. The van der Waals surface area contributed by atoms with Crippen molar-refractivity contribution in [1.29, 1.82) is 0 Å². The molecule has 27 heavy (non-hydrogen) atoms. The lowest BCUT2D eigenvalue weighted by atomic mass is 10.2. The molecule has 1 unspecified atom stereocenters. The third-order valence-electron chi connectivity index (χ3n) is 5.57. The van der Waals surface area contributed by atoms with Crippen molar-refractivity contribution >= 4 is 17.6 Å². The first-order valence-corrected chi connectivity index (χ1v) is 9.99. The molecule has 3 aliphatic rings. The number of carbonyl (C=O) groups is 2. The molecule has 0 bridgehead atoms. The van der Waals surface area contributed by atoms with Gasteiger partial charge in [0.15, 0.2) is 0 Å². The highest BCUT2D eigenvalue weighted by Crippen LogP contribution is 2.19. The van der Waals surface area contributed by atoms with Crippen LogP contribution in [0.5, 0.6) is 0 Å². The highest BCUT2D eigenvalue weighted by molar-refractivity contribution is 5.92. The molecule has 1 aromatic heterocycles. The Morgan fingerprint density at radius 2 is 1.74 bits per heavy atom.